The molecule has 8 radical (unpaired) electrons. The van der Waals surface area contributed by atoms with Crippen LogP contribution in [0.15, 0.2) is 0 Å². The van der Waals surface area contributed by atoms with Crippen LogP contribution in [0.4, 0.5) is 0 Å². The largest absolute Gasteiger partial charge is 0.770 e. The zero-order chi connectivity index (χ0) is 42.1. The summed E-state index contributed by atoms with van der Waals surface area (Å²) in [5.41, 5.74) is 0. The van der Waals surface area contributed by atoms with Gasteiger partial charge in [0.25, 0.3) is 7.82 Å². The minimum absolute atomic E-state index is 0.0280. The zero-order valence-electron chi connectivity index (χ0n) is 33.3. The van der Waals surface area contributed by atoms with E-state index in [4.69, 9.17) is 82.9 Å². The predicted molar refractivity (Wildman–Crippen MR) is 211 cm³/mol. The summed E-state index contributed by atoms with van der Waals surface area (Å²) in [6.07, 6.45) is -4.34. The summed E-state index contributed by atoms with van der Waals surface area (Å²) in [5.74, 6) is 0.764. The average Bonchev–Trinajstić information content (AvgIpc) is 3.84. The summed E-state index contributed by atoms with van der Waals surface area (Å²) < 4.78 is 82.1. The van der Waals surface area contributed by atoms with Crippen LogP contribution < -0.4 is 9.79 Å². The van der Waals surface area contributed by atoms with Gasteiger partial charge in [0.05, 0.1) is 62.0 Å². The lowest BCUT2D eigenvalue weighted by Gasteiger charge is -2.31. The Morgan fingerprint density at radius 3 is 1.77 bits per heavy atom. The van der Waals surface area contributed by atoms with Crippen molar-refractivity contribution in [3.05, 3.63) is 0 Å². The lowest BCUT2D eigenvalue weighted by atomic mass is 9.93. The van der Waals surface area contributed by atoms with Crippen molar-refractivity contribution in [3.63, 3.8) is 0 Å². The first kappa shape index (κ1) is 51.2. The first-order valence-corrected chi connectivity index (χ1v) is 24.0. The van der Waals surface area contributed by atoms with Crippen molar-refractivity contribution in [2.24, 2.45) is 0 Å². The molecule has 5 heterocycles. The van der Waals surface area contributed by atoms with Gasteiger partial charge in [-0.1, -0.05) is 11.4 Å². The molecule has 5 aliphatic rings. The molecule has 316 valence electrons. The molecule has 4 unspecified atom stereocenters. The predicted octanol–water partition coefficient (Wildman–Crippen LogP) is 0.880. The van der Waals surface area contributed by atoms with Gasteiger partial charge in [-0.3, -0.25) is 9.13 Å². The highest BCUT2D eigenvalue weighted by atomic mass is 32.7. The van der Waals surface area contributed by atoms with E-state index in [9.17, 15) is 24.0 Å². The first-order chi connectivity index (χ1) is 26.0. The Kier molecular flexibility index (Phi) is 21.3. The lowest BCUT2D eigenvalue weighted by molar-refractivity contribution is -0.220. The van der Waals surface area contributed by atoms with Crippen molar-refractivity contribution in [3.8, 4) is 0 Å². The van der Waals surface area contributed by atoms with Crippen LogP contribution in [0.1, 0.15) is 68.2 Å². The molecule has 0 aliphatic carbocycles. The van der Waals surface area contributed by atoms with E-state index >= 15 is 0 Å². The molecule has 5 fully saturated rings. The van der Waals surface area contributed by atoms with Crippen LogP contribution in [-0.2, 0) is 60.6 Å². The molecule has 16 nitrogen and oxygen atoms in total. The summed E-state index contributed by atoms with van der Waals surface area (Å²) in [4.78, 5) is 23.6. The van der Waals surface area contributed by atoms with E-state index in [1.807, 2.05) is 55.4 Å². The van der Waals surface area contributed by atoms with Gasteiger partial charge in [-0.2, -0.15) is 12.6 Å². The van der Waals surface area contributed by atoms with Gasteiger partial charge in [0.1, 0.15) is 68.0 Å². The van der Waals surface area contributed by atoms with Crippen LogP contribution in [-0.4, -0.2) is 171 Å². The maximum atomic E-state index is 12.5. The van der Waals surface area contributed by atoms with Crippen LogP contribution in [0.5, 0.6) is 0 Å². The van der Waals surface area contributed by atoms with Crippen molar-refractivity contribution in [2.45, 2.75) is 178 Å². The fourth-order valence-electron chi connectivity index (χ4n) is 6.20. The lowest BCUT2D eigenvalue weighted by Crippen LogP contribution is -2.38. The first-order valence-electron chi connectivity index (χ1n) is 18.8. The van der Waals surface area contributed by atoms with Crippen LogP contribution in [0.2, 0.25) is 0 Å². The SMILES string of the molecule is [B][C@@H]1O[C@H](COC(C)C)[C@@H]2OP(=O)([O-])OC12.[B][C@@H]1O[C@H](COC(C)C)[C@H](OP(=O)([O-])SC[C@H]2O[C@@H]([B])C[C@H]2OC(C)C)C1O.[B][C@H]1C[C@@H](OC(C)C)[C@@H](CS)O1. The van der Waals surface area contributed by atoms with Gasteiger partial charge < -0.3 is 66.4 Å². The Balaban J connectivity index is 0.000000251. The van der Waals surface area contributed by atoms with E-state index in [2.05, 4.69) is 12.6 Å². The van der Waals surface area contributed by atoms with Gasteiger partial charge in [0, 0.05) is 35.5 Å². The maximum Gasteiger partial charge on any atom is 0.268 e. The van der Waals surface area contributed by atoms with Gasteiger partial charge >= 0.3 is 0 Å². The summed E-state index contributed by atoms with van der Waals surface area (Å²) in [6.45, 7) is 11.1. The van der Waals surface area contributed by atoms with Crippen molar-refractivity contribution >= 4 is 70.0 Å². The number of hydrogen-bond donors (Lipinski definition) is 2. The van der Waals surface area contributed by atoms with Crippen LogP contribution in [0, 0.1) is 0 Å². The van der Waals surface area contributed by atoms with Crippen LogP contribution in [0.25, 0.3) is 0 Å². The van der Waals surface area contributed by atoms with Gasteiger partial charge in [0.15, 0.2) is 6.80 Å². The molecule has 0 bridgehead atoms. The van der Waals surface area contributed by atoms with E-state index in [1.165, 1.54) is 0 Å². The second-order valence-corrected chi connectivity index (χ2v) is 20.5. The number of phosphoric acid groups is 1. The quantitative estimate of drug-likeness (QED) is 0.126. The minimum atomic E-state index is -4.38. The monoisotopic (exact) mass is 866 g/mol. The molecule has 0 aromatic carbocycles. The molecular formula is C32H56B4O16P2S2-2. The van der Waals surface area contributed by atoms with E-state index in [0.717, 1.165) is 6.42 Å². The number of ether oxygens (including phenoxy) is 8. The Morgan fingerprint density at radius 2 is 1.25 bits per heavy atom. The highest BCUT2D eigenvalue weighted by Crippen LogP contribution is 2.55. The van der Waals surface area contributed by atoms with E-state index in [-0.39, 0.29) is 67.7 Å². The number of aliphatic hydroxyl groups is 1. The molecule has 24 heteroatoms. The normalized spacial score (nSPS) is 40.5. The Bertz CT molecular complexity index is 1270. The van der Waals surface area contributed by atoms with Crippen molar-refractivity contribution in [2.75, 3.05) is 24.7 Å². The van der Waals surface area contributed by atoms with Crippen LogP contribution in [0.3, 0.4) is 0 Å². The molecule has 0 amide bonds. The van der Waals surface area contributed by atoms with Gasteiger partial charge in [0.2, 0.25) is 0 Å². The maximum absolute atomic E-state index is 12.5. The number of thiol groups is 1. The second-order valence-electron chi connectivity index (χ2n) is 15.0. The Morgan fingerprint density at radius 1 is 0.768 bits per heavy atom. The van der Waals surface area contributed by atoms with Crippen molar-refractivity contribution in [1.29, 1.82) is 0 Å². The van der Waals surface area contributed by atoms with E-state index in [0.29, 0.717) is 23.6 Å². The third-order valence-electron chi connectivity index (χ3n) is 8.59. The molecule has 0 aromatic rings. The number of hydrogen-bond acceptors (Lipinski definition) is 18. The van der Waals surface area contributed by atoms with E-state index in [1.54, 1.807) is 0 Å². The third kappa shape index (κ3) is 16.6. The standard InChI is InChI=1S/C16H29B2O8PS.C8H14BO6P.C8H15BO2S/c1-8(2)22-6-11-15(14(19)16(18)25-11)26-27(20,21)28-7-12-10(23-9(3)4)5-13(17)24-12;1-4(2)12-3-5-6-7(8(9)13-5)15-16(10,11)14-6;1-5(2)10-6-3-8(9)11-7(6)4-12/h8-16,19H,5-7H2,1-4H3,(H,20,21);4-8H,3H2,1-2H3,(H,10,11);5-8,12H,3-4H2,1-2H3/p-2/t10-,11-,12-,13-,14?,15+,16-;5-,6+,7?,8-;6-,7-,8-/m111/s1. The smallest absolute Gasteiger partial charge is 0.268 e. The summed E-state index contributed by atoms with van der Waals surface area (Å²) in [6, 6.07) is -2.51. The summed E-state index contributed by atoms with van der Waals surface area (Å²) in [5, 5.41) is 10.2. The molecule has 16 atom stereocenters. The molecule has 0 spiro atoms. The number of phosphoric ester groups is 1. The summed E-state index contributed by atoms with van der Waals surface area (Å²) in [7, 11) is 18.5. The molecule has 1 N–H and O–H groups in total. The molecule has 0 aromatic heterocycles. The average molecular weight is 866 g/mol. The summed E-state index contributed by atoms with van der Waals surface area (Å²) >= 11 is 4.77. The second kappa shape index (κ2) is 23.3. The number of fused-ring (bicyclic) bond motifs is 1. The van der Waals surface area contributed by atoms with E-state index < -0.39 is 75.4 Å². The molecular weight excluding hydrogens is 810 g/mol. The topological polar surface area (TPSA) is 202 Å². The van der Waals surface area contributed by atoms with Gasteiger partial charge in [-0.15, -0.1) is 0 Å². The highest BCUT2D eigenvalue weighted by molar-refractivity contribution is 8.54. The Labute approximate surface area is 346 Å². The number of aliphatic hydroxyl groups excluding tert-OH is 1. The minimum Gasteiger partial charge on any atom is -0.770 e. The molecule has 0 saturated carbocycles. The highest BCUT2D eigenvalue weighted by Gasteiger charge is 2.52. The number of rotatable bonds is 16. The molecule has 5 saturated heterocycles. The molecule has 56 heavy (non-hydrogen) atoms. The third-order valence-corrected chi connectivity index (χ3v) is 12.9. The zero-order valence-corrected chi connectivity index (χ0v) is 36.8. The Hall–Kier alpha value is 0.860. The van der Waals surface area contributed by atoms with Crippen molar-refractivity contribution in [1.82, 2.24) is 0 Å². The molecule has 5 rings (SSSR count). The fourth-order valence-corrected chi connectivity index (χ4v) is 10.4. The molecule has 5 aliphatic heterocycles. The van der Waals surface area contributed by atoms with Gasteiger partial charge in [-0.25, -0.2) is 0 Å². The van der Waals surface area contributed by atoms with Crippen molar-refractivity contribution < 1.29 is 75.5 Å². The van der Waals surface area contributed by atoms with Gasteiger partial charge in [-0.05, 0) is 68.2 Å². The van der Waals surface area contributed by atoms with Crippen LogP contribution >= 0.6 is 38.6 Å². The fraction of sp³-hybridized carbons (Fsp3) is 1.00.